The van der Waals surface area contributed by atoms with Crippen molar-refractivity contribution in [3.63, 3.8) is 0 Å². The van der Waals surface area contributed by atoms with Crippen LogP contribution in [0, 0.1) is 0 Å². The zero-order chi connectivity index (χ0) is 13.2. The summed E-state index contributed by atoms with van der Waals surface area (Å²) in [4.78, 5) is 0.0522. The van der Waals surface area contributed by atoms with Gasteiger partial charge in [0.25, 0.3) is 10.0 Å². The first-order chi connectivity index (χ1) is 8.53. The number of H-pyrrole nitrogens is 1. The molecule has 0 saturated carbocycles. The molecule has 2 N–H and O–H groups in total. The lowest BCUT2D eigenvalue weighted by molar-refractivity contribution is 0.415. The van der Waals surface area contributed by atoms with Gasteiger partial charge in [-0.05, 0) is 12.1 Å². The zero-order valence-electron chi connectivity index (χ0n) is 9.34. The Hall–Kier alpha value is -1.73. The van der Waals surface area contributed by atoms with E-state index in [-0.39, 0.29) is 4.90 Å². The van der Waals surface area contributed by atoms with E-state index >= 15 is 0 Å². The molecule has 0 aliphatic rings. The number of aromatic amines is 1. The largest absolute Gasteiger partial charge is 0.495 e. The van der Waals surface area contributed by atoms with Gasteiger partial charge < -0.3 is 4.74 Å². The molecule has 0 fully saturated rings. The molecule has 0 atom stereocenters. The van der Waals surface area contributed by atoms with E-state index in [4.69, 9.17) is 16.3 Å². The summed E-state index contributed by atoms with van der Waals surface area (Å²) >= 11 is 5.85. The van der Waals surface area contributed by atoms with Crippen molar-refractivity contribution in [3.05, 3.63) is 35.6 Å². The predicted molar refractivity (Wildman–Crippen MR) is 67.4 cm³/mol. The van der Waals surface area contributed by atoms with E-state index in [0.29, 0.717) is 16.5 Å². The van der Waals surface area contributed by atoms with Gasteiger partial charge in [-0.1, -0.05) is 11.6 Å². The molecule has 96 valence electrons. The van der Waals surface area contributed by atoms with E-state index < -0.39 is 10.0 Å². The Kier molecular flexibility index (Phi) is 3.44. The average Bonchev–Trinajstić information content (AvgIpc) is 2.85. The summed E-state index contributed by atoms with van der Waals surface area (Å²) < 4.78 is 31.2. The normalized spacial score (nSPS) is 11.2. The maximum atomic E-state index is 11.9. The Labute approximate surface area is 109 Å². The van der Waals surface area contributed by atoms with Gasteiger partial charge in [-0.2, -0.15) is 5.10 Å². The minimum atomic E-state index is -3.65. The van der Waals surface area contributed by atoms with E-state index in [9.17, 15) is 8.42 Å². The van der Waals surface area contributed by atoms with Crippen LogP contribution in [0.25, 0.3) is 0 Å². The summed E-state index contributed by atoms with van der Waals surface area (Å²) in [6.07, 6.45) is 2.50. The van der Waals surface area contributed by atoms with Crippen LogP contribution in [-0.2, 0) is 10.0 Å². The van der Waals surface area contributed by atoms with Crippen LogP contribution >= 0.6 is 11.6 Å². The highest BCUT2D eigenvalue weighted by molar-refractivity contribution is 7.92. The summed E-state index contributed by atoms with van der Waals surface area (Å²) in [6.45, 7) is 0. The van der Waals surface area contributed by atoms with Crippen LogP contribution in [0.2, 0.25) is 5.02 Å². The molecular formula is C10H10ClN3O3S. The second-order valence-corrected chi connectivity index (χ2v) is 5.48. The zero-order valence-corrected chi connectivity index (χ0v) is 10.9. The fourth-order valence-electron chi connectivity index (χ4n) is 1.32. The van der Waals surface area contributed by atoms with Crippen LogP contribution in [-0.4, -0.2) is 25.7 Å². The van der Waals surface area contributed by atoms with Crippen LogP contribution in [0.1, 0.15) is 0 Å². The smallest absolute Gasteiger partial charge is 0.265 e. The third-order valence-electron chi connectivity index (χ3n) is 2.19. The van der Waals surface area contributed by atoms with Crippen molar-refractivity contribution < 1.29 is 13.2 Å². The summed E-state index contributed by atoms with van der Waals surface area (Å²) in [5, 5.41) is 6.43. The minimum absolute atomic E-state index is 0.0522. The van der Waals surface area contributed by atoms with Crippen molar-refractivity contribution in [3.8, 4) is 5.75 Å². The van der Waals surface area contributed by atoms with Crippen molar-refractivity contribution in [2.45, 2.75) is 4.90 Å². The molecule has 2 aromatic rings. The topological polar surface area (TPSA) is 84.1 Å². The minimum Gasteiger partial charge on any atom is -0.495 e. The average molecular weight is 288 g/mol. The highest BCUT2D eigenvalue weighted by Gasteiger charge is 2.15. The lowest BCUT2D eigenvalue weighted by Gasteiger charge is -2.08. The fourth-order valence-corrected chi connectivity index (χ4v) is 2.47. The van der Waals surface area contributed by atoms with Crippen molar-refractivity contribution in [1.82, 2.24) is 10.2 Å². The molecule has 0 radical (unpaired) electrons. The monoisotopic (exact) mass is 287 g/mol. The van der Waals surface area contributed by atoms with Crippen LogP contribution in [0.3, 0.4) is 0 Å². The first kappa shape index (κ1) is 12.7. The molecule has 0 aliphatic carbocycles. The number of halogens is 1. The fraction of sp³-hybridized carbons (Fsp3) is 0.100. The number of sulfonamides is 1. The number of methoxy groups -OCH3 is 1. The Bertz CT molecular complexity index is 640. The standard InChI is InChI=1S/C10H10ClN3O3S/c1-17-10-4-7(2-3-9(10)11)14-18(15,16)8-5-12-13-6-8/h2-6,14H,1H3,(H,12,13). The number of aromatic nitrogens is 2. The first-order valence-corrected chi connectivity index (χ1v) is 6.74. The second-order valence-electron chi connectivity index (χ2n) is 3.39. The van der Waals surface area contributed by atoms with Crippen molar-refractivity contribution in [2.24, 2.45) is 0 Å². The number of ether oxygens (including phenoxy) is 1. The highest BCUT2D eigenvalue weighted by atomic mass is 35.5. The van der Waals surface area contributed by atoms with Gasteiger partial charge in [0.1, 0.15) is 10.6 Å². The Morgan fingerprint density at radius 1 is 1.44 bits per heavy atom. The van der Waals surface area contributed by atoms with Crippen LogP contribution in [0.5, 0.6) is 5.75 Å². The van der Waals surface area contributed by atoms with Crippen LogP contribution < -0.4 is 9.46 Å². The maximum absolute atomic E-state index is 11.9. The second kappa shape index (κ2) is 4.87. The molecule has 6 nitrogen and oxygen atoms in total. The van der Waals surface area contributed by atoms with Crippen molar-refractivity contribution in [2.75, 3.05) is 11.8 Å². The quantitative estimate of drug-likeness (QED) is 0.899. The Morgan fingerprint density at radius 3 is 2.83 bits per heavy atom. The number of nitrogens with zero attached hydrogens (tertiary/aromatic N) is 1. The molecule has 1 aromatic heterocycles. The summed E-state index contributed by atoms with van der Waals surface area (Å²) in [5.74, 6) is 0.393. The predicted octanol–water partition coefficient (Wildman–Crippen LogP) is 1.87. The van der Waals surface area contributed by atoms with E-state index in [0.717, 1.165) is 0 Å². The van der Waals surface area contributed by atoms with Crippen molar-refractivity contribution in [1.29, 1.82) is 0 Å². The van der Waals surface area contributed by atoms with Gasteiger partial charge in [0.05, 0.1) is 24.0 Å². The van der Waals surface area contributed by atoms with Gasteiger partial charge in [0.2, 0.25) is 0 Å². The Balaban J connectivity index is 2.30. The molecule has 1 heterocycles. The molecule has 2 rings (SSSR count). The molecule has 0 amide bonds. The summed E-state index contributed by atoms with van der Waals surface area (Å²) in [5.41, 5.74) is 0.359. The van der Waals surface area contributed by atoms with Crippen LogP contribution in [0.4, 0.5) is 5.69 Å². The molecular weight excluding hydrogens is 278 g/mol. The Morgan fingerprint density at radius 2 is 2.22 bits per heavy atom. The van der Waals surface area contributed by atoms with E-state index in [1.54, 1.807) is 12.1 Å². The number of benzene rings is 1. The lowest BCUT2D eigenvalue weighted by atomic mass is 10.3. The molecule has 0 spiro atoms. The maximum Gasteiger partial charge on any atom is 0.265 e. The van der Waals surface area contributed by atoms with E-state index in [2.05, 4.69) is 14.9 Å². The number of hydrogen-bond acceptors (Lipinski definition) is 4. The van der Waals surface area contributed by atoms with Gasteiger partial charge in [-0.25, -0.2) is 8.42 Å². The number of nitrogens with one attached hydrogen (secondary N) is 2. The van der Waals surface area contributed by atoms with Gasteiger partial charge in [-0.3, -0.25) is 9.82 Å². The molecule has 18 heavy (non-hydrogen) atoms. The number of hydrogen-bond donors (Lipinski definition) is 2. The third kappa shape index (κ3) is 2.57. The van der Waals surface area contributed by atoms with Gasteiger partial charge >= 0.3 is 0 Å². The third-order valence-corrected chi connectivity index (χ3v) is 3.85. The van der Waals surface area contributed by atoms with Gasteiger partial charge in [-0.15, -0.1) is 0 Å². The molecule has 0 saturated heterocycles. The molecule has 0 bridgehead atoms. The first-order valence-electron chi connectivity index (χ1n) is 4.88. The molecule has 1 aromatic carbocycles. The van der Waals surface area contributed by atoms with Gasteiger partial charge in [0, 0.05) is 12.3 Å². The molecule has 8 heteroatoms. The lowest BCUT2D eigenvalue weighted by Crippen LogP contribution is -2.12. The van der Waals surface area contributed by atoms with Gasteiger partial charge in [0.15, 0.2) is 0 Å². The highest BCUT2D eigenvalue weighted by Crippen LogP contribution is 2.28. The van der Waals surface area contributed by atoms with Crippen molar-refractivity contribution >= 4 is 27.3 Å². The SMILES string of the molecule is COc1cc(NS(=O)(=O)c2cn[nH]c2)ccc1Cl. The van der Waals surface area contributed by atoms with E-state index in [1.165, 1.54) is 25.6 Å². The molecule has 0 aliphatic heterocycles. The summed E-state index contributed by atoms with van der Waals surface area (Å²) in [6, 6.07) is 4.59. The number of rotatable bonds is 4. The summed E-state index contributed by atoms with van der Waals surface area (Å²) in [7, 11) is -2.20. The van der Waals surface area contributed by atoms with Crippen LogP contribution in [0.15, 0.2) is 35.5 Å². The molecule has 0 unspecified atom stereocenters. The number of anilines is 1. The van der Waals surface area contributed by atoms with E-state index in [1.807, 2.05) is 0 Å².